The third-order valence-corrected chi connectivity index (χ3v) is 5.12. The minimum absolute atomic E-state index is 0.272. The van der Waals surface area contributed by atoms with Crippen molar-refractivity contribution in [3.8, 4) is 0 Å². The summed E-state index contributed by atoms with van der Waals surface area (Å²) in [6.07, 6.45) is 1.95. The highest BCUT2D eigenvalue weighted by Crippen LogP contribution is 2.16. The SMILES string of the molecule is CCS(=O)(=O)CCCN1CCC(Br)C1. The Hall–Kier alpha value is 0.390. The van der Waals surface area contributed by atoms with Gasteiger partial charge >= 0.3 is 0 Å². The van der Waals surface area contributed by atoms with E-state index in [0.29, 0.717) is 10.6 Å². The molecule has 0 aliphatic carbocycles. The summed E-state index contributed by atoms with van der Waals surface area (Å²) < 4.78 is 22.4. The van der Waals surface area contributed by atoms with Crippen LogP contribution in [0.1, 0.15) is 19.8 Å². The van der Waals surface area contributed by atoms with Crippen LogP contribution in [0.15, 0.2) is 0 Å². The number of halogens is 1. The number of likely N-dealkylation sites (tertiary alicyclic amines) is 1. The summed E-state index contributed by atoms with van der Waals surface area (Å²) in [5.41, 5.74) is 0. The highest BCUT2D eigenvalue weighted by molar-refractivity contribution is 9.09. The van der Waals surface area contributed by atoms with E-state index in [1.165, 1.54) is 6.42 Å². The summed E-state index contributed by atoms with van der Waals surface area (Å²) in [4.78, 5) is 2.93. The fourth-order valence-electron chi connectivity index (χ4n) is 1.64. The Morgan fingerprint density at radius 1 is 1.50 bits per heavy atom. The van der Waals surface area contributed by atoms with Gasteiger partial charge in [0.1, 0.15) is 9.84 Å². The molecule has 0 N–H and O–H groups in total. The second-order valence-corrected chi connectivity index (χ2v) is 7.54. The van der Waals surface area contributed by atoms with Gasteiger partial charge in [0.25, 0.3) is 0 Å². The summed E-state index contributed by atoms with van der Waals surface area (Å²) in [6.45, 7) is 4.79. The van der Waals surface area contributed by atoms with E-state index >= 15 is 0 Å². The van der Waals surface area contributed by atoms with E-state index < -0.39 is 9.84 Å². The Morgan fingerprint density at radius 2 is 2.21 bits per heavy atom. The lowest BCUT2D eigenvalue weighted by atomic mass is 10.4. The maximum atomic E-state index is 11.2. The van der Waals surface area contributed by atoms with Crippen molar-refractivity contribution in [2.24, 2.45) is 0 Å². The molecule has 1 unspecified atom stereocenters. The van der Waals surface area contributed by atoms with Crippen LogP contribution in [0.5, 0.6) is 0 Å². The predicted molar refractivity (Wildman–Crippen MR) is 62.7 cm³/mol. The van der Waals surface area contributed by atoms with E-state index in [4.69, 9.17) is 0 Å². The molecule has 0 bridgehead atoms. The predicted octanol–water partition coefficient (Wildman–Crippen LogP) is 1.28. The van der Waals surface area contributed by atoms with E-state index in [9.17, 15) is 8.42 Å². The first-order valence-electron chi connectivity index (χ1n) is 5.10. The molecule has 0 aromatic rings. The number of nitrogens with zero attached hydrogens (tertiary/aromatic N) is 1. The zero-order chi connectivity index (χ0) is 10.6. The molecule has 0 aromatic heterocycles. The van der Waals surface area contributed by atoms with Gasteiger partial charge in [0.15, 0.2) is 0 Å². The summed E-state index contributed by atoms with van der Waals surface area (Å²) in [5.74, 6) is 0.612. The molecular formula is C9H18BrNO2S. The number of rotatable bonds is 5. The van der Waals surface area contributed by atoms with Gasteiger partial charge in [-0.15, -0.1) is 0 Å². The van der Waals surface area contributed by atoms with Gasteiger partial charge in [0.2, 0.25) is 0 Å². The largest absolute Gasteiger partial charge is 0.302 e. The van der Waals surface area contributed by atoms with Crippen LogP contribution >= 0.6 is 15.9 Å². The normalized spacial score (nSPS) is 24.3. The molecular weight excluding hydrogens is 266 g/mol. The molecule has 0 spiro atoms. The van der Waals surface area contributed by atoms with Gasteiger partial charge in [0, 0.05) is 17.1 Å². The van der Waals surface area contributed by atoms with Crippen molar-refractivity contribution < 1.29 is 8.42 Å². The van der Waals surface area contributed by atoms with Crippen LogP contribution in [0.3, 0.4) is 0 Å². The van der Waals surface area contributed by atoms with Gasteiger partial charge in [-0.25, -0.2) is 8.42 Å². The number of hydrogen-bond donors (Lipinski definition) is 0. The average Bonchev–Trinajstić information content (AvgIpc) is 2.51. The zero-order valence-electron chi connectivity index (χ0n) is 8.58. The summed E-state index contributed by atoms with van der Waals surface area (Å²) >= 11 is 3.56. The Labute approximate surface area is 94.9 Å². The molecule has 0 amide bonds. The van der Waals surface area contributed by atoms with Crippen LogP contribution in [0, 0.1) is 0 Å². The van der Waals surface area contributed by atoms with Crippen molar-refractivity contribution in [2.75, 3.05) is 31.1 Å². The van der Waals surface area contributed by atoms with Crippen molar-refractivity contribution in [1.29, 1.82) is 0 Å². The molecule has 14 heavy (non-hydrogen) atoms. The van der Waals surface area contributed by atoms with E-state index in [1.54, 1.807) is 6.92 Å². The van der Waals surface area contributed by atoms with E-state index in [-0.39, 0.29) is 5.75 Å². The van der Waals surface area contributed by atoms with Crippen LogP contribution in [-0.2, 0) is 9.84 Å². The van der Waals surface area contributed by atoms with Gasteiger partial charge in [-0.05, 0) is 25.9 Å². The lowest BCUT2D eigenvalue weighted by molar-refractivity contribution is 0.341. The molecule has 1 aliphatic rings. The van der Waals surface area contributed by atoms with Crippen molar-refractivity contribution >= 4 is 25.8 Å². The van der Waals surface area contributed by atoms with Crippen molar-refractivity contribution in [3.63, 3.8) is 0 Å². The lowest BCUT2D eigenvalue weighted by Gasteiger charge is -2.14. The van der Waals surface area contributed by atoms with Crippen molar-refractivity contribution in [1.82, 2.24) is 4.90 Å². The van der Waals surface area contributed by atoms with Crippen LogP contribution in [0.2, 0.25) is 0 Å². The molecule has 0 radical (unpaired) electrons. The molecule has 84 valence electrons. The number of alkyl halides is 1. The van der Waals surface area contributed by atoms with Crippen LogP contribution in [0.25, 0.3) is 0 Å². The maximum absolute atomic E-state index is 11.2. The Morgan fingerprint density at radius 3 is 2.71 bits per heavy atom. The molecule has 3 nitrogen and oxygen atoms in total. The van der Waals surface area contributed by atoms with Crippen molar-refractivity contribution in [2.45, 2.75) is 24.6 Å². The monoisotopic (exact) mass is 283 g/mol. The first-order chi connectivity index (χ1) is 6.53. The quantitative estimate of drug-likeness (QED) is 0.714. The van der Waals surface area contributed by atoms with E-state index in [2.05, 4.69) is 20.8 Å². The van der Waals surface area contributed by atoms with Gasteiger partial charge in [0.05, 0.1) is 5.75 Å². The van der Waals surface area contributed by atoms with Crippen LogP contribution in [0.4, 0.5) is 0 Å². The van der Waals surface area contributed by atoms with Gasteiger partial charge < -0.3 is 4.90 Å². The Kier molecular flexibility index (Phi) is 4.87. The minimum Gasteiger partial charge on any atom is -0.302 e. The number of sulfone groups is 1. The highest BCUT2D eigenvalue weighted by atomic mass is 79.9. The molecule has 1 atom stereocenters. The van der Waals surface area contributed by atoms with E-state index in [1.807, 2.05) is 0 Å². The maximum Gasteiger partial charge on any atom is 0.150 e. The fraction of sp³-hybridized carbons (Fsp3) is 1.00. The first-order valence-corrected chi connectivity index (χ1v) is 7.84. The average molecular weight is 284 g/mol. The fourth-order valence-corrected chi connectivity index (χ4v) is 3.11. The lowest BCUT2D eigenvalue weighted by Crippen LogP contribution is -2.24. The third kappa shape index (κ3) is 4.28. The van der Waals surface area contributed by atoms with Gasteiger partial charge in [-0.3, -0.25) is 0 Å². The molecule has 1 aliphatic heterocycles. The van der Waals surface area contributed by atoms with Crippen LogP contribution in [-0.4, -0.2) is 49.3 Å². The first kappa shape index (κ1) is 12.5. The smallest absolute Gasteiger partial charge is 0.150 e. The second kappa shape index (κ2) is 5.47. The Bertz CT molecular complexity index is 266. The molecule has 1 heterocycles. The van der Waals surface area contributed by atoms with E-state index in [0.717, 1.165) is 26.1 Å². The van der Waals surface area contributed by atoms with Gasteiger partial charge in [-0.1, -0.05) is 22.9 Å². The molecule has 5 heteroatoms. The molecule has 1 fully saturated rings. The minimum atomic E-state index is -2.76. The highest BCUT2D eigenvalue weighted by Gasteiger charge is 2.19. The second-order valence-electron chi connectivity index (χ2n) is 3.78. The molecule has 0 aromatic carbocycles. The van der Waals surface area contributed by atoms with Crippen molar-refractivity contribution in [3.05, 3.63) is 0 Å². The molecule has 1 saturated heterocycles. The summed E-state index contributed by atoms with van der Waals surface area (Å²) in [5, 5.41) is 0. The zero-order valence-corrected chi connectivity index (χ0v) is 11.0. The molecule has 1 rings (SSSR count). The van der Waals surface area contributed by atoms with Gasteiger partial charge in [-0.2, -0.15) is 0 Å². The summed E-state index contributed by atoms with van der Waals surface area (Å²) in [7, 11) is -2.76. The standard InChI is InChI=1S/C9H18BrNO2S/c1-2-14(12,13)7-3-5-11-6-4-9(10)8-11/h9H,2-8H2,1H3. The summed E-state index contributed by atoms with van der Waals surface area (Å²) in [6, 6.07) is 0. The number of hydrogen-bond acceptors (Lipinski definition) is 3. The topological polar surface area (TPSA) is 37.4 Å². The Balaban J connectivity index is 2.16. The third-order valence-electron chi connectivity index (χ3n) is 2.58. The van der Waals surface area contributed by atoms with Crippen LogP contribution < -0.4 is 0 Å². The molecule has 0 saturated carbocycles.